The normalized spacial score (nSPS) is 11.9. The number of benzene rings is 1. The van der Waals surface area contributed by atoms with Crippen molar-refractivity contribution in [3.05, 3.63) is 51.9 Å². The SMILES string of the molecule is COC(=O)C(Cc1ccccc1)NC(=O)COC(=O)c1c(NC(=O)C(C)(C)C)sc(C)c1C. The number of methoxy groups -OCH3 is 1. The molecule has 0 aliphatic rings. The molecule has 0 fully saturated rings. The van der Waals surface area contributed by atoms with Gasteiger partial charge in [0.25, 0.3) is 5.91 Å². The van der Waals surface area contributed by atoms with E-state index in [2.05, 4.69) is 10.6 Å². The second kappa shape index (κ2) is 11.1. The number of carbonyl (C=O) groups is 4. The fourth-order valence-electron chi connectivity index (χ4n) is 2.88. The van der Waals surface area contributed by atoms with Gasteiger partial charge in [-0.25, -0.2) is 9.59 Å². The average Bonchev–Trinajstić information content (AvgIpc) is 3.04. The van der Waals surface area contributed by atoms with Gasteiger partial charge in [-0.1, -0.05) is 51.1 Å². The first-order chi connectivity index (χ1) is 15.4. The lowest BCUT2D eigenvalue weighted by Crippen LogP contribution is -2.44. The summed E-state index contributed by atoms with van der Waals surface area (Å²) in [5.41, 5.74) is 1.09. The molecule has 1 atom stereocenters. The maximum Gasteiger partial charge on any atom is 0.341 e. The maximum atomic E-state index is 12.8. The summed E-state index contributed by atoms with van der Waals surface area (Å²) < 4.78 is 9.99. The zero-order valence-corrected chi connectivity index (χ0v) is 20.6. The standard InChI is InChI=1S/C24H30N2O6S/c1-14-15(2)33-20(26-23(30)24(3,4)5)19(14)22(29)32-13-18(27)25-17(21(28)31-6)12-16-10-8-7-9-11-16/h7-11,17H,12-13H2,1-6H3,(H,25,27)(H,26,30). The third-order valence-corrected chi connectivity index (χ3v) is 6.06. The van der Waals surface area contributed by atoms with Crippen LogP contribution in [0.4, 0.5) is 5.00 Å². The predicted molar refractivity (Wildman–Crippen MR) is 126 cm³/mol. The fourth-order valence-corrected chi connectivity index (χ4v) is 3.92. The van der Waals surface area contributed by atoms with Crippen LogP contribution in [0, 0.1) is 19.3 Å². The molecular formula is C24H30N2O6S. The van der Waals surface area contributed by atoms with E-state index in [0.29, 0.717) is 10.6 Å². The molecule has 1 heterocycles. The number of aryl methyl sites for hydroxylation is 1. The first kappa shape index (κ1) is 26.1. The number of amides is 2. The Hall–Kier alpha value is -3.20. The minimum absolute atomic E-state index is 0.219. The summed E-state index contributed by atoms with van der Waals surface area (Å²) >= 11 is 1.27. The third kappa shape index (κ3) is 7.15. The van der Waals surface area contributed by atoms with Crippen LogP contribution in [0.3, 0.4) is 0 Å². The van der Waals surface area contributed by atoms with Gasteiger partial charge < -0.3 is 20.1 Å². The molecule has 0 aliphatic carbocycles. The number of ether oxygens (including phenoxy) is 2. The molecule has 2 rings (SSSR count). The molecule has 0 aliphatic heterocycles. The molecule has 178 valence electrons. The Balaban J connectivity index is 2.06. The number of carbonyl (C=O) groups excluding carboxylic acids is 4. The number of rotatable bonds is 8. The molecule has 0 saturated carbocycles. The van der Waals surface area contributed by atoms with Crippen molar-refractivity contribution in [3.63, 3.8) is 0 Å². The summed E-state index contributed by atoms with van der Waals surface area (Å²) in [6.45, 7) is 8.31. The van der Waals surface area contributed by atoms with Gasteiger partial charge in [-0.15, -0.1) is 11.3 Å². The number of hydrogen-bond acceptors (Lipinski definition) is 7. The van der Waals surface area contributed by atoms with E-state index in [-0.39, 0.29) is 17.9 Å². The molecule has 2 N–H and O–H groups in total. The Labute approximate surface area is 197 Å². The van der Waals surface area contributed by atoms with Crippen LogP contribution < -0.4 is 10.6 Å². The van der Waals surface area contributed by atoms with Crippen molar-refractivity contribution in [2.24, 2.45) is 5.41 Å². The second-order valence-electron chi connectivity index (χ2n) is 8.60. The quantitative estimate of drug-likeness (QED) is 0.568. The van der Waals surface area contributed by atoms with Gasteiger partial charge in [0.1, 0.15) is 11.0 Å². The molecule has 0 radical (unpaired) electrons. The van der Waals surface area contributed by atoms with Crippen LogP contribution in [0.15, 0.2) is 30.3 Å². The molecule has 0 saturated heterocycles. The topological polar surface area (TPSA) is 111 Å². The van der Waals surface area contributed by atoms with Gasteiger partial charge in [0, 0.05) is 16.7 Å². The molecule has 2 amide bonds. The lowest BCUT2D eigenvalue weighted by atomic mass is 9.96. The Morgan fingerprint density at radius 1 is 1.06 bits per heavy atom. The minimum atomic E-state index is -0.921. The third-order valence-electron chi connectivity index (χ3n) is 4.94. The molecule has 33 heavy (non-hydrogen) atoms. The highest BCUT2D eigenvalue weighted by molar-refractivity contribution is 7.16. The van der Waals surface area contributed by atoms with E-state index in [1.165, 1.54) is 18.4 Å². The van der Waals surface area contributed by atoms with Crippen LogP contribution in [-0.4, -0.2) is 43.5 Å². The minimum Gasteiger partial charge on any atom is -0.467 e. The van der Waals surface area contributed by atoms with Gasteiger partial charge in [-0.05, 0) is 25.0 Å². The average molecular weight is 475 g/mol. The van der Waals surface area contributed by atoms with Crippen molar-refractivity contribution in [1.82, 2.24) is 5.32 Å². The zero-order chi connectivity index (χ0) is 24.8. The van der Waals surface area contributed by atoms with Crippen LogP contribution in [-0.2, 0) is 30.3 Å². The van der Waals surface area contributed by atoms with Crippen molar-refractivity contribution >= 4 is 40.1 Å². The lowest BCUT2D eigenvalue weighted by molar-refractivity contribution is -0.145. The van der Waals surface area contributed by atoms with Crippen molar-refractivity contribution in [1.29, 1.82) is 0 Å². The van der Waals surface area contributed by atoms with E-state index >= 15 is 0 Å². The van der Waals surface area contributed by atoms with E-state index in [1.54, 1.807) is 27.7 Å². The smallest absolute Gasteiger partial charge is 0.341 e. The molecule has 1 unspecified atom stereocenters. The van der Waals surface area contributed by atoms with Gasteiger partial charge in [-0.3, -0.25) is 9.59 Å². The highest BCUT2D eigenvalue weighted by atomic mass is 32.1. The van der Waals surface area contributed by atoms with Crippen LogP contribution in [0.1, 0.15) is 47.1 Å². The molecule has 0 spiro atoms. The zero-order valence-electron chi connectivity index (χ0n) is 19.7. The summed E-state index contributed by atoms with van der Waals surface area (Å²) in [4.78, 5) is 50.5. The van der Waals surface area contributed by atoms with Crippen LogP contribution >= 0.6 is 11.3 Å². The van der Waals surface area contributed by atoms with Gasteiger partial charge in [-0.2, -0.15) is 0 Å². The van der Waals surface area contributed by atoms with Crippen LogP contribution in [0.25, 0.3) is 0 Å². The summed E-state index contributed by atoms with van der Waals surface area (Å²) in [6.07, 6.45) is 0.235. The Morgan fingerprint density at radius 2 is 1.70 bits per heavy atom. The Bertz CT molecular complexity index is 1020. The Morgan fingerprint density at radius 3 is 2.27 bits per heavy atom. The summed E-state index contributed by atoms with van der Waals surface area (Å²) in [7, 11) is 1.24. The van der Waals surface area contributed by atoms with Crippen molar-refractivity contribution in [2.45, 2.75) is 47.1 Å². The van der Waals surface area contributed by atoms with E-state index in [4.69, 9.17) is 9.47 Å². The van der Waals surface area contributed by atoms with E-state index in [1.807, 2.05) is 37.3 Å². The molecule has 8 nitrogen and oxygen atoms in total. The second-order valence-corrected chi connectivity index (χ2v) is 9.83. The molecule has 1 aromatic heterocycles. The fraction of sp³-hybridized carbons (Fsp3) is 0.417. The molecule has 2 aromatic rings. The van der Waals surface area contributed by atoms with Crippen molar-refractivity contribution in [3.8, 4) is 0 Å². The number of esters is 2. The van der Waals surface area contributed by atoms with Gasteiger partial charge in [0.05, 0.1) is 12.7 Å². The largest absolute Gasteiger partial charge is 0.467 e. The molecular weight excluding hydrogens is 444 g/mol. The molecule has 0 bridgehead atoms. The highest BCUT2D eigenvalue weighted by Crippen LogP contribution is 2.34. The number of anilines is 1. The summed E-state index contributed by atoms with van der Waals surface area (Å²) in [5.74, 6) is -2.21. The number of nitrogens with one attached hydrogen (secondary N) is 2. The van der Waals surface area contributed by atoms with Crippen molar-refractivity contribution in [2.75, 3.05) is 19.0 Å². The predicted octanol–water partition coefficient (Wildman–Crippen LogP) is 3.41. The number of thiophene rings is 1. The van der Waals surface area contributed by atoms with Gasteiger partial charge >= 0.3 is 11.9 Å². The first-order valence-electron chi connectivity index (χ1n) is 10.4. The highest BCUT2D eigenvalue weighted by Gasteiger charge is 2.28. The first-order valence-corrected chi connectivity index (χ1v) is 11.2. The molecule has 9 heteroatoms. The monoisotopic (exact) mass is 474 g/mol. The van der Waals surface area contributed by atoms with Gasteiger partial charge in [0.15, 0.2) is 6.61 Å². The Kier molecular flexibility index (Phi) is 8.76. The van der Waals surface area contributed by atoms with E-state index in [0.717, 1.165) is 10.4 Å². The van der Waals surface area contributed by atoms with E-state index < -0.39 is 35.9 Å². The molecule has 1 aromatic carbocycles. The van der Waals surface area contributed by atoms with Gasteiger partial charge in [0.2, 0.25) is 5.91 Å². The lowest BCUT2D eigenvalue weighted by Gasteiger charge is -2.18. The maximum absolute atomic E-state index is 12.8. The van der Waals surface area contributed by atoms with Crippen LogP contribution in [0.5, 0.6) is 0 Å². The summed E-state index contributed by atoms with van der Waals surface area (Å²) in [6, 6.07) is 8.24. The van der Waals surface area contributed by atoms with Crippen molar-refractivity contribution < 1.29 is 28.7 Å². The summed E-state index contributed by atoms with van der Waals surface area (Å²) in [5, 5.41) is 5.71. The number of hydrogen-bond donors (Lipinski definition) is 2. The van der Waals surface area contributed by atoms with Crippen LogP contribution in [0.2, 0.25) is 0 Å². The van der Waals surface area contributed by atoms with E-state index in [9.17, 15) is 19.2 Å².